The van der Waals surface area contributed by atoms with Gasteiger partial charge in [0, 0.05) is 23.7 Å². The van der Waals surface area contributed by atoms with Crippen LogP contribution in [0.3, 0.4) is 0 Å². The molecule has 0 saturated carbocycles. The van der Waals surface area contributed by atoms with Crippen LogP contribution in [0.15, 0.2) is 66.9 Å². The number of hydrogen-bond donors (Lipinski definition) is 1. The molecule has 0 amide bonds. The van der Waals surface area contributed by atoms with Crippen LogP contribution < -0.4 is 9.47 Å². The normalized spacial score (nSPS) is 12.0. The summed E-state index contributed by atoms with van der Waals surface area (Å²) in [5.41, 5.74) is 3.97. The number of benzene rings is 3. The summed E-state index contributed by atoms with van der Waals surface area (Å²) in [5, 5.41) is 14.8. The van der Waals surface area contributed by atoms with Crippen molar-refractivity contribution in [3.8, 4) is 11.5 Å². The Labute approximate surface area is 211 Å². The number of carboxylic acid groups (broad SMARTS) is 1. The molecule has 0 unspecified atom stereocenters. The maximum Gasteiger partial charge on any atom is 0.337 e. The van der Waals surface area contributed by atoms with Crippen LogP contribution in [0, 0.1) is 6.92 Å². The number of ether oxygens (including phenoxy) is 3. The summed E-state index contributed by atoms with van der Waals surface area (Å²) in [5.74, 6) is 0.592. The lowest BCUT2D eigenvalue weighted by Crippen LogP contribution is -2.20. The Kier molecular flexibility index (Phi) is 8.23. The number of methoxy groups -OCH3 is 2. The van der Waals surface area contributed by atoms with Crippen LogP contribution in [-0.4, -0.2) is 47.8 Å². The van der Waals surface area contributed by atoms with E-state index in [1.54, 1.807) is 31.0 Å². The van der Waals surface area contributed by atoms with Crippen molar-refractivity contribution in [1.82, 2.24) is 9.78 Å². The molecule has 4 rings (SSSR count). The predicted octanol–water partition coefficient (Wildman–Crippen LogP) is 5.32. The molecule has 3 aromatic carbocycles. The lowest BCUT2D eigenvalue weighted by atomic mass is 10.0. The molecule has 1 N–H and O–H groups in total. The zero-order valence-electron chi connectivity index (χ0n) is 20.9. The molecule has 0 spiro atoms. The first-order valence-electron chi connectivity index (χ1n) is 12.0. The van der Waals surface area contributed by atoms with Gasteiger partial charge < -0.3 is 19.3 Å². The highest BCUT2D eigenvalue weighted by molar-refractivity contribution is 6.01. The Morgan fingerprint density at radius 3 is 2.39 bits per heavy atom. The summed E-state index contributed by atoms with van der Waals surface area (Å²) in [7, 11) is 3.32. The number of fused-ring (bicyclic) bond motifs is 1. The van der Waals surface area contributed by atoms with Gasteiger partial charge in [-0.2, -0.15) is 5.10 Å². The fraction of sp³-hybridized carbons (Fsp3) is 0.310. The molecule has 4 aromatic rings. The molecular weight excluding hydrogens is 456 g/mol. The number of aromatic carboxylic acids is 1. The van der Waals surface area contributed by atoms with E-state index in [0.717, 1.165) is 34.4 Å². The molecule has 0 radical (unpaired) electrons. The van der Waals surface area contributed by atoms with E-state index < -0.39 is 5.97 Å². The van der Waals surface area contributed by atoms with Crippen LogP contribution in [0.2, 0.25) is 0 Å². The van der Waals surface area contributed by atoms with Gasteiger partial charge in [-0.15, -0.1) is 0 Å². The van der Waals surface area contributed by atoms with E-state index in [1.165, 1.54) is 5.56 Å². The van der Waals surface area contributed by atoms with Crippen LogP contribution in [0.5, 0.6) is 11.5 Å². The second-order valence-corrected chi connectivity index (χ2v) is 8.79. The molecule has 0 bridgehead atoms. The second-order valence-electron chi connectivity index (χ2n) is 8.79. The van der Waals surface area contributed by atoms with Gasteiger partial charge in [-0.25, -0.2) is 4.79 Å². The van der Waals surface area contributed by atoms with Crippen molar-refractivity contribution in [2.45, 2.75) is 38.8 Å². The van der Waals surface area contributed by atoms with Gasteiger partial charge in [0.05, 0.1) is 32.5 Å². The van der Waals surface area contributed by atoms with Crippen LogP contribution in [0.25, 0.3) is 10.9 Å². The van der Waals surface area contributed by atoms with E-state index in [2.05, 4.69) is 17.2 Å². The van der Waals surface area contributed by atoms with Gasteiger partial charge in [0.25, 0.3) is 0 Å². The number of rotatable bonds is 12. The highest BCUT2D eigenvalue weighted by atomic mass is 16.5. The highest BCUT2D eigenvalue weighted by Gasteiger charge is 2.16. The Balaban J connectivity index is 1.51. The lowest BCUT2D eigenvalue weighted by Gasteiger charge is -2.20. The molecule has 1 heterocycles. The van der Waals surface area contributed by atoms with E-state index in [-0.39, 0.29) is 11.7 Å². The monoisotopic (exact) mass is 488 g/mol. The van der Waals surface area contributed by atoms with Crippen LogP contribution in [-0.2, 0) is 24.1 Å². The quantitative estimate of drug-likeness (QED) is 0.291. The predicted molar refractivity (Wildman–Crippen MR) is 139 cm³/mol. The fourth-order valence-electron chi connectivity index (χ4n) is 4.41. The van der Waals surface area contributed by atoms with Crippen molar-refractivity contribution in [2.24, 2.45) is 0 Å². The molecule has 1 aromatic heterocycles. The minimum atomic E-state index is -0.977. The van der Waals surface area contributed by atoms with E-state index in [9.17, 15) is 9.90 Å². The topological polar surface area (TPSA) is 82.8 Å². The third kappa shape index (κ3) is 6.04. The third-order valence-corrected chi connectivity index (χ3v) is 6.36. The summed E-state index contributed by atoms with van der Waals surface area (Å²) in [6.07, 6.45) is 4.04. The van der Waals surface area contributed by atoms with Crippen molar-refractivity contribution < 1.29 is 24.1 Å². The van der Waals surface area contributed by atoms with Gasteiger partial charge in [-0.3, -0.25) is 4.68 Å². The van der Waals surface area contributed by atoms with Crippen molar-refractivity contribution in [3.05, 3.63) is 89.1 Å². The molecule has 0 fully saturated rings. The molecule has 0 aliphatic carbocycles. The number of nitrogens with zero attached hydrogens (tertiary/aromatic N) is 2. The highest BCUT2D eigenvalue weighted by Crippen LogP contribution is 2.30. The number of hydrogen-bond acceptors (Lipinski definition) is 5. The summed E-state index contributed by atoms with van der Waals surface area (Å²) >= 11 is 0. The fourth-order valence-corrected chi connectivity index (χ4v) is 4.41. The first-order chi connectivity index (χ1) is 17.5. The number of aryl methyl sites for hydroxylation is 1. The smallest absolute Gasteiger partial charge is 0.337 e. The average molecular weight is 489 g/mol. The Bertz CT molecular complexity index is 1290. The number of aromatic nitrogens is 2. The summed E-state index contributed by atoms with van der Waals surface area (Å²) in [4.78, 5) is 11.6. The molecule has 0 aliphatic heterocycles. The minimum Gasteiger partial charge on any atom is -0.496 e. The molecule has 188 valence electrons. The van der Waals surface area contributed by atoms with E-state index in [1.807, 2.05) is 49.5 Å². The van der Waals surface area contributed by atoms with Crippen molar-refractivity contribution >= 4 is 16.9 Å². The second kappa shape index (κ2) is 11.7. The molecule has 7 heteroatoms. The SMILES string of the molecule is COc1cc(C[C@H](CCn2cc3cccc(C(=O)O)c3n2)OCCc2ccccc2)cc(OC)c1C. The van der Waals surface area contributed by atoms with Crippen molar-refractivity contribution in [1.29, 1.82) is 0 Å². The van der Waals surface area contributed by atoms with E-state index >= 15 is 0 Å². The molecule has 0 saturated heterocycles. The van der Waals surface area contributed by atoms with Crippen LogP contribution >= 0.6 is 0 Å². The largest absolute Gasteiger partial charge is 0.496 e. The molecule has 36 heavy (non-hydrogen) atoms. The summed E-state index contributed by atoms with van der Waals surface area (Å²) in [6, 6.07) is 19.5. The average Bonchev–Trinajstić information content (AvgIpc) is 3.31. The van der Waals surface area contributed by atoms with Gasteiger partial charge in [-0.1, -0.05) is 42.5 Å². The maximum absolute atomic E-state index is 11.6. The zero-order chi connectivity index (χ0) is 25.5. The van der Waals surface area contributed by atoms with Crippen LogP contribution in [0.1, 0.15) is 33.5 Å². The van der Waals surface area contributed by atoms with Gasteiger partial charge in [0.1, 0.15) is 17.0 Å². The van der Waals surface area contributed by atoms with Gasteiger partial charge >= 0.3 is 5.97 Å². The van der Waals surface area contributed by atoms with Gasteiger partial charge in [0.2, 0.25) is 0 Å². The lowest BCUT2D eigenvalue weighted by molar-refractivity contribution is 0.0461. The molecule has 7 nitrogen and oxygen atoms in total. The maximum atomic E-state index is 11.6. The summed E-state index contributed by atoms with van der Waals surface area (Å²) in [6.45, 7) is 3.17. The first kappa shape index (κ1) is 25.3. The van der Waals surface area contributed by atoms with E-state index in [4.69, 9.17) is 14.2 Å². The van der Waals surface area contributed by atoms with E-state index in [0.29, 0.717) is 31.5 Å². The molecule has 1 atom stereocenters. The Morgan fingerprint density at radius 2 is 1.72 bits per heavy atom. The van der Waals surface area contributed by atoms with Crippen LogP contribution in [0.4, 0.5) is 0 Å². The number of carboxylic acids is 1. The first-order valence-corrected chi connectivity index (χ1v) is 12.0. The third-order valence-electron chi connectivity index (χ3n) is 6.36. The minimum absolute atomic E-state index is 0.0721. The Morgan fingerprint density at radius 1 is 1.00 bits per heavy atom. The standard InChI is InChI=1S/C29H32N2O5/c1-20-26(34-2)17-22(18-27(20)35-3)16-24(36-15-13-21-8-5-4-6-9-21)12-14-31-19-23-10-7-11-25(29(32)33)28(23)30-31/h4-11,17-19,24H,12-16H2,1-3H3,(H,32,33)/t24-/m0/s1. The number of carbonyl (C=O) groups is 1. The van der Waals surface area contributed by atoms with Crippen molar-refractivity contribution in [2.75, 3.05) is 20.8 Å². The van der Waals surface area contributed by atoms with Gasteiger partial charge in [0.15, 0.2) is 0 Å². The van der Waals surface area contributed by atoms with Crippen molar-refractivity contribution in [3.63, 3.8) is 0 Å². The summed E-state index contributed by atoms with van der Waals surface area (Å²) < 4.78 is 19.3. The zero-order valence-corrected chi connectivity index (χ0v) is 20.9. The Hall–Kier alpha value is -3.84. The molecular formula is C29H32N2O5. The molecule has 0 aliphatic rings. The van der Waals surface area contributed by atoms with Gasteiger partial charge in [-0.05, 0) is 55.5 Å².